The van der Waals surface area contributed by atoms with Crippen LogP contribution in [-0.2, 0) is 4.79 Å². The van der Waals surface area contributed by atoms with E-state index in [0.29, 0.717) is 24.3 Å². The summed E-state index contributed by atoms with van der Waals surface area (Å²) in [6.07, 6.45) is 1.99. The minimum atomic E-state index is -0.0230. The van der Waals surface area contributed by atoms with E-state index in [-0.39, 0.29) is 11.2 Å². The number of amides is 1. The molecule has 1 fully saturated rings. The molecular formula is C10H9N3OS. The van der Waals surface area contributed by atoms with Gasteiger partial charge in [0, 0.05) is 24.4 Å². The fourth-order valence-electron chi connectivity index (χ4n) is 1.59. The first-order valence-corrected chi connectivity index (χ1v) is 5.07. The lowest BCUT2D eigenvalue weighted by atomic mass is 10.2. The van der Waals surface area contributed by atoms with Crippen LogP contribution in [0.5, 0.6) is 0 Å². The molecule has 2 heterocycles. The summed E-state index contributed by atoms with van der Waals surface area (Å²) in [5.74, 6) is 0.423. The second-order valence-electron chi connectivity index (χ2n) is 3.35. The Balaban J connectivity index is 2.38. The molecule has 0 spiro atoms. The molecule has 2 rings (SSSR count). The monoisotopic (exact) mass is 219 g/mol. The molecule has 4 nitrogen and oxygen atoms in total. The largest absolute Gasteiger partial charge is 0.295 e. The van der Waals surface area contributed by atoms with Gasteiger partial charge in [0.1, 0.15) is 6.07 Å². The molecule has 76 valence electrons. The third-order valence-corrected chi connectivity index (χ3v) is 2.61. The van der Waals surface area contributed by atoms with E-state index in [2.05, 4.69) is 17.6 Å². The number of carbonyl (C=O) groups is 1. The van der Waals surface area contributed by atoms with Crippen molar-refractivity contribution in [3.05, 3.63) is 23.9 Å². The zero-order valence-electron chi connectivity index (χ0n) is 7.92. The minimum absolute atomic E-state index is 0.0230. The van der Waals surface area contributed by atoms with Gasteiger partial charge in [0.05, 0.1) is 5.56 Å². The summed E-state index contributed by atoms with van der Waals surface area (Å²) < 4.78 is 0. The van der Waals surface area contributed by atoms with Gasteiger partial charge in [-0.1, -0.05) is 0 Å². The number of thiol groups is 1. The second kappa shape index (κ2) is 3.91. The highest BCUT2D eigenvalue weighted by molar-refractivity contribution is 7.81. The Morgan fingerprint density at radius 2 is 2.47 bits per heavy atom. The molecule has 1 amide bonds. The summed E-state index contributed by atoms with van der Waals surface area (Å²) in [4.78, 5) is 17.2. The van der Waals surface area contributed by atoms with E-state index in [1.54, 1.807) is 18.3 Å². The maximum atomic E-state index is 11.6. The fourth-order valence-corrected chi connectivity index (χ4v) is 1.91. The van der Waals surface area contributed by atoms with Crippen molar-refractivity contribution in [3.63, 3.8) is 0 Å². The van der Waals surface area contributed by atoms with Gasteiger partial charge in [0.2, 0.25) is 5.91 Å². The van der Waals surface area contributed by atoms with Crippen LogP contribution in [0.25, 0.3) is 0 Å². The third kappa shape index (κ3) is 1.81. The summed E-state index contributed by atoms with van der Waals surface area (Å²) in [7, 11) is 0. The fraction of sp³-hybridized carbons (Fsp3) is 0.300. The molecular weight excluding hydrogens is 210 g/mol. The highest BCUT2D eigenvalue weighted by Gasteiger charge is 2.30. The Kier molecular flexibility index (Phi) is 2.60. The molecule has 1 aromatic heterocycles. The molecule has 0 radical (unpaired) electrons. The van der Waals surface area contributed by atoms with Crippen LogP contribution in [0.2, 0.25) is 0 Å². The van der Waals surface area contributed by atoms with Crippen LogP contribution in [0.3, 0.4) is 0 Å². The Morgan fingerprint density at radius 3 is 3.07 bits per heavy atom. The number of nitrogens with zero attached hydrogens (tertiary/aromatic N) is 3. The van der Waals surface area contributed by atoms with Crippen LogP contribution in [0.15, 0.2) is 18.3 Å². The highest BCUT2D eigenvalue weighted by atomic mass is 32.1. The van der Waals surface area contributed by atoms with Gasteiger partial charge in [-0.15, -0.1) is 0 Å². The molecule has 1 aromatic rings. The number of hydrogen-bond acceptors (Lipinski definition) is 4. The molecule has 1 atom stereocenters. The van der Waals surface area contributed by atoms with Gasteiger partial charge in [-0.3, -0.25) is 9.69 Å². The second-order valence-corrected chi connectivity index (χ2v) is 4.08. The van der Waals surface area contributed by atoms with Crippen molar-refractivity contribution >= 4 is 24.4 Å². The number of aromatic nitrogens is 1. The first-order chi connectivity index (χ1) is 7.22. The van der Waals surface area contributed by atoms with Crippen molar-refractivity contribution in [1.82, 2.24) is 4.98 Å². The van der Waals surface area contributed by atoms with Crippen LogP contribution in [-0.4, -0.2) is 22.7 Å². The molecule has 1 saturated heterocycles. The lowest BCUT2D eigenvalue weighted by Gasteiger charge is -2.15. The van der Waals surface area contributed by atoms with Gasteiger partial charge < -0.3 is 0 Å². The van der Waals surface area contributed by atoms with E-state index < -0.39 is 0 Å². The van der Waals surface area contributed by atoms with E-state index in [9.17, 15) is 4.79 Å². The van der Waals surface area contributed by atoms with Gasteiger partial charge >= 0.3 is 0 Å². The van der Waals surface area contributed by atoms with E-state index >= 15 is 0 Å². The number of carbonyl (C=O) groups excluding carboxylic acids is 1. The molecule has 0 aliphatic carbocycles. The Hall–Kier alpha value is -1.54. The first kappa shape index (κ1) is 9.99. The summed E-state index contributed by atoms with van der Waals surface area (Å²) in [6.45, 7) is 0.521. The normalized spacial score (nSPS) is 20.4. The lowest BCUT2D eigenvalue weighted by Crippen LogP contribution is -2.26. The van der Waals surface area contributed by atoms with Crippen LogP contribution in [0.4, 0.5) is 5.82 Å². The smallest absolute Gasteiger partial charge is 0.229 e. The highest BCUT2D eigenvalue weighted by Crippen LogP contribution is 2.24. The van der Waals surface area contributed by atoms with E-state index in [1.165, 1.54) is 4.90 Å². The minimum Gasteiger partial charge on any atom is -0.295 e. The van der Waals surface area contributed by atoms with Crippen LogP contribution in [0, 0.1) is 11.3 Å². The van der Waals surface area contributed by atoms with Gasteiger partial charge in [0.25, 0.3) is 0 Å². The number of nitriles is 1. The van der Waals surface area contributed by atoms with Crippen molar-refractivity contribution in [2.75, 3.05) is 11.4 Å². The topological polar surface area (TPSA) is 57.0 Å². The predicted octanol–water partition coefficient (Wildman–Crippen LogP) is 0.988. The Bertz CT molecular complexity index is 441. The van der Waals surface area contributed by atoms with Gasteiger partial charge in [0.15, 0.2) is 5.82 Å². The van der Waals surface area contributed by atoms with Crippen LogP contribution >= 0.6 is 12.6 Å². The zero-order chi connectivity index (χ0) is 10.8. The van der Waals surface area contributed by atoms with Gasteiger partial charge in [-0.25, -0.2) is 4.98 Å². The van der Waals surface area contributed by atoms with Crippen LogP contribution in [0.1, 0.15) is 12.0 Å². The molecule has 1 aliphatic heterocycles. The van der Waals surface area contributed by atoms with Crippen molar-refractivity contribution in [2.24, 2.45) is 0 Å². The molecule has 1 aliphatic rings. The first-order valence-electron chi connectivity index (χ1n) is 4.56. The summed E-state index contributed by atoms with van der Waals surface area (Å²) in [6, 6.07) is 5.36. The van der Waals surface area contributed by atoms with Crippen molar-refractivity contribution in [3.8, 4) is 6.07 Å². The zero-order valence-corrected chi connectivity index (χ0v) is 8.82. The summed E-state index contributed by atoms with van der Waals surface area (Å²) in [5.41, 5.74) is 0.424. The van der Waals surface area contributed by atoms with Crippen LogP contribution < -0.4 is 4.90 Å². The molecule has 5 heteroatoms. The summed E-state index contributed by atoms with van der Waals surface area (Å²) >= 11 is 4.25. The number of rotatable bonds is 1. The SMILES string of the molecule is N#Cc1cccnc1N1CC(S)CC1=O. The van der Waals surface area contributed by atoms with Gasteiger partial charge in [-0.2, -0.15) is 17.9 Å². The predicted molar refractivity (Wildman–Crippen MR) is 58.7 cm³/mol. The number of pyridine rings is 1. The number of anilines is 1. The third-order valence-electron chi connectivity index (χ3n) is 2.27. The summed E-state index contributed by atoms with van der Waals surface area (Å²) in [5, 5.41) is 8.92. The maximum Gasteiger partial charge on any atom is 0.229 e. The Morgan fingerprint density at radius 1 is 1.67 bits per heavy atom. The molecule has 15 heavy (non-hydrogen) atoms. The molecule has 0 saturated carbocycles. The Labute approximate surface area is 92.9 Å². The van der Waals surface area contributed by atoms with E-state index in [0.717, 1.165) is 0 Å². The number of hydrogen-bond donors (Lipinski definition) is 1. The maximum absolute atomic E-state index is 11.6. The molecule has 0 N–H and O–H groups in total. The molecule has 1 unspecified atom stereocenters. The standard InChI is InChI=1S/C10H9N3OS/c11-5-7-2-1-3-12-10(7)13-6-8(15)4-9(13)14/h1-3,8,15H,4,6H2. The molecule has 0 bridgehead atoms. The quantitative estimate of drug-likeness (QED) is 0.716. The van der Waals surface area contributed by atoms with Gasteiger partial charge in [-0.05, 0) is 12.1 Å². The van der Waals surface area contributed by atoms with E-state index in [1.807, 2.05) is 6.07 Å². The molecule has 0 aromatic carbocycles. The lowest BCUT2D eigenvalue weighted by molar-refractivity contribution is -0.117. The average molecular weight is 219 g/mol. The van der Waals surface area contributed by atoms with Crippen molar-refractivity contribution in [1.29, 1.82) is 5.26 Å². The average Bonchev–Trinajstić information content (AvgIpc) is 2.57. The van der Waals surface area contributed by atoms with Crippen molar-refractivity contribution < 1.29 is 4.79 Å². The van der Waals surface area contributed by atoms with E-state index in [4.69, 9.17) is 5.26 Å². The van der Waals surface area contributed by atoms with Crippen molar-refractivity contribution in [2.45, 2.75) is 11.7 Å².